The molecule has 1 aliphatic carbocycles. The first-order valence-electron chi connectivity index (χ1n) is 5.66. The van der Waals surface area contributed by atoms with Crippen LogP contribution in [0.5, 0.6) is 0 Å². The number of hydrogen-bond acceptors (Lipinski definition) is 1. The Kier molecular flexibility index (Phi) is 3.47. The molecule has 82 valence electrons. The maximum Gasteiger partial charge on any atom is 0.0178 e. The molecule has 0 fully saturated rings. The topological polar surface area (TPSA) is 12.0 Å². The lowest BCUT2D eigenvalue weighted by molar-refractivity contribution is 0.487. The van der Waals surface area contributed by atoms with E-state index in [2.05, 4.69) is 46.4 Å². The first-order valence-corrected chi connectivity index (χ1v) is 6.45. The molecule has 0 spiro atoms. The van der Waals surface area contributed by atoms with Gasteiger partial charge in [0, 0.05) is 11.0 Å². The fourth-order valence-electron chi connectivity index (χ4n) is 2.56. The van der Waals surface area contributed by atoms with E-state index in [1.807, 2.05) is 7.05 Å². The van der Waals surface area contributed by atoms with E-state index in [9.17, 15) is 0 Å². The smallest absolute Gasteiger partial charge is 0.0178 e. The zero-order chi connectivity index (χ0) is 10.8. The molecule has 1 aromatic carbocycles. The Labute approximate surface area is 100 Å². The van der Waals surface area contributed by atoms with Crippen molar-refractivity contribution in [3.05, 3.63) is 33.8 Å². The second-order valence-corrected chi connectivity index (χ2v) is 5.42. The normalized spacial score (nSPS) is 25.0. The first-order chi connectivity index (χ1) is 7.22. The zero-order valence-corrected chi connectivity index (χ0v) is 11.0. The van der Waals surface area contributed by atoms with Gasteiger partial charge in [0.05, 0.1) is 0 Å². The second-order valence-electron chi connectivity index (χ2n) is 4.51. The van der Waals surface area contributed by atoms with Crippen molar-refractivity contribution in [2.75, 3.05) is 13.6 Å². The lowest BCUT2D eigenvalue weighted by Crippen LogP contribution is -2.22. The van der Waals surface area contributed by atoms with Gasteiger partial charge in [-0.1, -0.05) is 28.9 Å². The molecule has 0 aromatic heterocycles. The van der Waals surface area contributed by atoms with Crippen molar-refractivity contribution in [3.63, 3.8) is 0 Å². The average molecular weight is 268 g/mol. The maximum absolute atomic E-state index is 3.56. The number of benzene rings is 1. The lowest BCUT2D eigenvalue weighted by atomic mass is 9.77. The van der Waals surface area contributed by atoms with Crippen LogP contribution in [-0.2, 0) is 0 Å². The van der Waals surface area contributed by atoms with Gasteiger partial charge in [-0.25, -0.2) is 0 Å². The van der Waals surface area contributed by atoms with Crippen molar-refractivity contribution in [2.45, 2.75) is 31.6 Å². The third kappa shape index (κ3) is 2.26. The van der Waals surface area contributed by atoms with Crippen LogP contribution in [0.15, 0.2) is 22.7 Å². The largest absolute Gasteiger partial charge is 0.319 e. The lowest BCUT2D eigenvalue weighted by Gasteiger charge is -2.29. The van der Waals surface area contributed by atoms with Gasteiger partial charge in [0.2, 0.25) is 0 Å². The molecule has 2 unspecified atom stereocenters. The van der Waals surface area contributed by atoms with Crippen LogP contribution in [0.4, 0.5) is 0 Å². The van der Waals surface area contributed by atoms with E-state index >= 15 is 0 Å². The fraction of sp³-hybridized carbons (Fsp3) is 0.538. The van der Waals surface area contributed by atoms with Crippen LogP contribution in [0.2, 0.25) is 0 Å². The summed E-state index contributed by atoms with van der Waals surface area (Å²) in [5.41, 5.74) is 3.09. The van der Waals surface area contributed by atoms with E-state index < -0.39 is 0 Å². The van der Waals surface area contributed by atoms with Crippen LogP contribution in [0.1, 0.15) is 42.7 Å². The molecule has 0 radical (unpaired) electrons. The van der Waals surface area contributed by atoms with Gasteiger partial charge in [-0.2, -0.15) is 0 Å². The van der Waals surface area contributed by atoms with E-state index in [1.165, 1.54) is 22.9 Å². The Hall–Kier alpha value is -0.340. The van der Waals surface area contributed by atoms with Crippen molar-refractivity contribution < 1.29 is 0 Å². The molecular formula is C13H18BrN. The van der Waals surface area contributed by atoms with E-state index in [4.69, 9.17) is 0 Å². The van der Waals surface area contributed by atoms with Crippen LogP contribution < -0.4 is 5.32 Å². The number of rotatable bonds is 2. The minimum atomic E-state index is 0.703. The van der Waals surface area contributed by atoms with Gasteiger partial charge in [-0.3, -0.25) is 0 Å². The van der Waals surface area contributed by atoms with Crippen molar-refractivity contribution in [3.8, 4) is 0 Å². The maximum atomic E-state index is 3.56. The molecule has 1 N–H and O–H groups in total. The van der Waals surface area contributed by atoms with E-state index in [-0.39, 0.29) is 0 Å². The molecule has 0 bridgehead atoms. The molecule has 0 heterocycles. The molecule has 2 rings (SSSR count). The predicted octanol–water partition coefficient (Wildman–Crippen LogP) is 3.65. The number of nitrogens with one attached hydrogen (secondary N) is 1. The molecule has 0 amide bonds. The van der Waals surface area contributed by atoms with Gasteiger partial charge < -0.3 is 5.32 Å². The summed E-state index contributed by atoms with van der Waals surface area (Å²) < 4.78 is 1.21. The molecule has 1 aliphatic rings. The van der Waals surface area contributed by atoms with Gasteiger partial charge in [0.15, 0.2) is 0 Å². The molecule has 0 aliphatic heterocycles. The molecular weight excluding hydrogens is 250 g/mol. The fourth-order valence-corrected chi connectivity index (χ4v) is 2.94. The van der Waals surface area contributed by atoms with Crippen LogP contribution in [0.25, 0.3) is 0 Å². The molecule has 1 nitrogen and oxygen atoms in total. The molecule has 2 atom stereocenters. The van der Waals surface area contributed by atoms with Gasteiger partial charge in [-0.05, 0) is 55.0 Å². The van der Waals surface area contributed by atoms with E-state index in [1.54, 1.807) is 5.56 Å². The monoisotopic (exact) mass is 267 g/mol. The third-order valence-electron chi connectivity index (χ3n) is 3.42. The second kappa shape index (κ2) is 4.67. The SMILES string of the molecule is CNCC1CCC(C)c2cc(Br)ccc21. The highest BCUT2D eigenvalue weighted by atomic mass is 79.9. The highest BCUT2D eigenvalue weighted by molar-refractivity contribution is 9.10. The Morgan fingerprint density at radius 1 is 1.33 bits per heavy atom. The number of likely N-dealkylation sites (N-methyl/N-ethyl adjacent to an activating group) is 1. The number of hydrogen-bond donors (Lipinski definition) is 1. The Morgan fingerprint density at radius 2 is 2.13 bits per heavy atom. The molecule has 0 saturated heterocycles. The third-order valence-corrected chi connectivity index (χ3v) is 3.91. The highest BCUT2D eigenvalue weighted by Gasteiger charge is 2.24. The quantitative estimate of drug-likeness (QED) is 0.863. The van der Waals surface area contributed by atoms with E-state index in [0.717, 1.165) is 6.54 Å². The van der Waals surface area contributed by atoms with Gasteiger partial charge in [0.1, 0.15) is 0 Å². The summed E-state index contributed by atoms with van der Waals surface area (Å²) in [5, 5.41) is 3.30. The Morgan fingerprint density at radius 3 is 2.87 bits per heavy atom. The first kappa shape index (κ1) is 11.2. The van der Waals surface area contributed by atoms with Gasteiger partial charge in [-0.15, -0.1) is 0 Å². The molecule has 0 saturated carbocycles. The zero-order valence-electron chi connectivity index (χ0n) is 9.39. The van der Waals surface area contributed by atoms with Crippen LogP contribution >= 0.6 is 15.9 Å². The summed E-state index contributed by atoms with van der Waals surface area (Å²) in [5.74, 6) is 1.42. The molecule has 2 heteroatoms. The van der Waals surface area contributed by atoms with Gasteiger partial charge >= 0.3 is 0 Å². The molecule has 15 heavy (non-hydrogen) atoms. The minimum absolute atomic E-state index is 0.703. The minimum Gasteiger partial charge on any atom is -0.319 e. The summed E-state index contributed by atoms with van der Waals surface area (Å²) in [6.45, 7) is 3.43. The standard InChI is InChI=1S/C13H18BrN/c1-9-3-4-10(8-15-2)12-6-5-11(14)7-13(9)12/h5-7,9-10,15H,3-4,8H2,1-2H3. The van der Waals surface area contributed by atoms with Crippen molar-refractivity contribution in [2.24, 2.45) is 0 Å². The average Bonchev–Trinajstić information content (AvgIpc) is 2.23. The van der Waals surface area contributed by atoms with E-state index in [0.29, 0.717) is 11.8 Å². The predicted molar refractivity (Wildman–Crippen MR) is 68.5 cm³/mol. The Bertz CT molecular complexity index is 348. The van der Waals surface area contributed by atoms with Crippen molar-refractivity contribution in [1.29, 1.82) is 0 Å². The summed E-state index contributed by atoms with van der Waals surface area (Å²) in [7, 11) is 2.04. The van der Waals surface area contributed by atoms with Crippen molar-refractivity contribution >= 4 is 15.9 Å². The number of fused-ring (bicyclic) bond motifs is 1. The Balaban J connectivity index is 2.36. The summed E-state index contributed by atoms with van der Waals surface area (Å²) >= 11 is 3.56. The van der Waals surface area contributed by atoms with Gasteiger partial charge in [0.25, 0.3) is 0 Å². The van der Waals surface area contributed by atoms with Crippen LogP contribution in [-0.4, -0.2) is 13.6 Å². The number of halogens is 1. The van der Waals surface area contributed by atoms with Crippen molar-refractivity contribution in [1.82, 2.24) is 5.32 Å². The summed E-state index contributed by atoms with van der Waals surface area (Å²) in [4.78, 5) is 0. The molecule has 1 aromatic rings. The summed E-state index contributed by atoms with van der Waals surface area (Å²) in [6, 6.07) is 6.75. The van der Waals surface area contributed by atoms with Crippen LogP contribution in [0.3, 0.4) is 0 Å². The highest BCUT2D eigenvalue weighted by Crippen LogP contribution is 2.39. The van der Waals surface area contributed by atoms with Crippen LogP contribution in [0, 0.1) is 0 Å². The summed E-state index contributed by atoms with van der Waals surface area (Å²) in [6.07, 6.45) is 2.63.